The van der Waals surface area contributed by atoms with Gasteiger partial charge in [0.2, 0.25) is 5.91 Å². The molecule has 0 radical (unpaired) electrons. The maximum absolute atomic E-state index is 13.0. The number of fused-ring (bicyclic) bond motifs is 1. The Hall–Kier alpha value is -2.31. The van der Waals surface area contributed by atoms with Gasteiger partial charge >= 0.3 is 6.18 Å². The number of benzene rings is 1. The third-order valence-electron chi connectivity index (χ3n) is 5.10. The molecule has 2 aliphatic carbocycles. The van der Waals surface area contributed by atoms with Gasteiger partial charge < -0.3 is 5.32 Å². The van der Waals surface area contributed by atoms with Gasteiger partial charge in [0.1, 0.15) is 6.54 Å². The summed E-state index contributed by atoms with van der Waals surface area (Å²) in [5.41, 5.74) is 1.92. The van der Waals surface area contributed by atoms with Gasteiger partial charge in [-0.15, -0.1) is 0 Å². The number of aryl methyl sites for hydroxylation is 1. The van der Waals surface area contributed by atoms with E-state index in [1.807, 2.05) is 18.2 Å². The van der Waals surface area contributed by atoms with Gasteiger partial charge in [-0.2, -0.15) is 18.3 Å². The Bertz CT molecular complexity index is 824. The fourth-order valence-electron chi connectivity index (χ4n) is 3.68. The van der Waals surface area contributed by atoms with Gasteiger partial charge in [-0.3, -0.25) is 9.48 Å². The van der Waals surface area contributed by atoms with Crippen molar-refractivity contribution >= 4 is 5.91 Å². The summed E-state index contributed by atoms with van der Waals surface area (Å²) in [6.45, 7) is -0.180. The molecule has 7 heteroatoms. The zero-order chi connectivity index (χ0) is 18.3. The predicted molar refractivity (Wildman–Crippen MR) is 89.5 cm³/mol. The summed E-state index contributed by atoms with van der Waals surface area (Å²) in [5.74, 6) is -0.216. The van der Waals surface area contributed by atoms with E-state index in [4.69, 9.17) is 0 Å². The van der Waals surface area contributed by atoms with E-state index in [0.717, 1.165) is 43.7 Å². The standard InChI is InChI=1S/C19H20F3N3O/c20-19(21,22)17-10-16(13-8-9-13)25(24-17)11-18(26)23-15-7-3-5-12-4-1-2-6-14(12)15/h1-2,4,6,10,13,15H,3,5,7-9,11H2,(H,23,26)/t15-/m1/s1. The van der Waals surface area contributed by atoms with Gasteiger partial charge in [-0.1, -0.05) is 24.3 Å². The molecule has 1 heterocycles. The highest BCUT2D eigenvalue weighted by molar-refractivity contribution is 5.76. The van der Waals surface area contributed by atoms with E-state index < -0.39 is 11.9 Å². The van der Waals surface area contributed by atoms with Crippen LogP contribution in [0, 0.1) is 0 Å². The van der Waals surface area contributed by atoms with Crippen molar-refractivity contribution in [3.63, 3.8) is 0 Å². The molecular weight excluding hydrogens is 343 g/mol. The summed E-state index contributed by atoms with van der Waals surface area (Å²) in [6.07, 6.45) is 0.0117. The minimum Gasteiger partial charge on any atom is -0.348 e. The van der Waals surface area contributed by atoms with Crippen molar-refractivity contribution in [2.24, 2.45) is 0 Å². The number of carbonyl (C=O) groups excluding carboxylic acids is 1. The number of alkyl halides is 3. The molecule has 0 unspecified atom stereocenters. The van der Waals surface area contributed by atoms with E-state index in [2.05, 4.69) is 16.5 Å². The Balaban J connectivity index is 1.50. The van der Waals surface area contributed by atoms with Crippen LogP contribution in [-0.4, -0.2) is 15.7 Å². The van der Waals surface area contributed by atoms with Gasteiger partial charge in [0.25, 0.3) is 0 Å². The van der Waals surface area contributed by atoms with Crippen molar-refractivity contribution in [3.8, 4) is 0 Å². The topological polar surface area (TPSA) is 46.9 Å². The highest BCUT2D eigenvalue weighted by Crippen LogP contribution is 2.42. The van der Waals surface area contributed by atoms with Gasteiger partial charge in [0.15, 0.2) is 5.69 Å². The Labute approximate surface area is 149 Å². The number of amides is 1. The molecule has 4 nitrogen and oxygen atoms in total. The summed E-state index contributed by atoms with van der Waals surface area (Å²) in [4.78, 5) is 12.5. The van der Waals surface area contributed by atoms with Crippen LogP contribution < -0.4 is 5.32 Å². The number of nitrogens with one attached hydrogen (secondary N) is 1. The molecule has 0 bridgehead atoms. The second-order valence-electron chi connectivity index (χ2n) is 7.10. The lowest BCUT2D eigenvalue weighted by Gasteiger charge is -2.26. The van der Waals surface area contributed by atoms with Crippen molar-refractivity contribution in [2.75, 3.05) is 0 Å². The molecule has 1 N–H and O–H groups in total. The van der Waals surface area contributed by atoms with Crippen LogP contribution in [-0.2, 0) is 23.9 Å². The second kappa shape index (κ2) is 6.45. The fraction of sp³-hybridized carbons (Fsp3) is 0.474. The van der Waals surface area contributed by atoms with E-state index in [1.54, 1.807) is 0 Å². The van der Waals surface area contributed by atoms with E-state index in [-0.39, 0.29) is 24.4 Å². The van der Waals surface area contributed by atoms with Gasteiger partial charge in [-0.25, -0.2) is 0 Å². The summed E-state index contributed by atoms with van der Waals surface area (Å²) in [5, 5.41) is 6.63. The Kier molecular flexibility index (Phi) is 4.25. The molecule has 1 atom stereocenters. The van der Waals surface area contributed by atoms with Crippen LogP contribution in [0.4, 0.5) is 13.2 Å². The average molecular weight is 363 g/mol. The van der Waals surface area contributed by atoms with Crippen molar-refractivity contribution in [2.45, 2.75) is 56.8 Å². The first-order chi connectivity index (χ1) is 12.4. The lowest BCUT2D eigenvalue weighted by Crippen LogP contribution is -2.34. The number of halogens is 3. The minimum atomic E-state index is -4.49. The highest BCUT2D eigenvalue weighted by Gasteiger charge is 2.38. The molecule has 1 saturated carbocycles. The number of rotatable bonds is 4. The molecule has 1 aromatic heterocycles. The van der Waals surface area contributed by atoms with E-state index in [0.29, 0.717) is 5.69 Å². The van der Waals surface area contributed by atoms with E-state index >= 15 is 0 Å². The normalized spacial score (nSPS) is 19.9. The van der Waals surface area contributed by atoms with Crippen LogP contribution in [0.1, 0.15) is 60.2 Å². The molecule has 0 saturated heterocycles. The quantitative estimate of drug-likeness (QED) is 0.893. The van der Waals surface area contributed by atoms with Crippen LogP contribution in [0.5, 0.6) is 0 Å². The first kappa shape index (κ1) is 17.1. The van der Waals surface area contributed by atoms with Crippen LogP contribution in [0.3, 0.4) is 0 Å². The predicted octanol–water partition coefficient (Wildman–Crippen LogP) is 3.97. The molecule has 0 spiro atoms. The molecular formula is C19H20F3N3O. The van der Waals surface area contributed by atoms with Crippen LogP contribution in [0.15, 0.2) is 30.3 Å². The molecule has 26 heavy (non-hydrogen) atoms. The van der Waals surface area contributed by atoms with Crippen molar-refractivity contribution in [1.82, 2.24) is 15.1 Å². The molecule has 1 amide bonds. The molecule has 2 aliphatic rings. The Morgan fingerprint density at radius 1 is 1.23 bits per heavy atom. The molecule has 2 aromatic rings. The van der Waals surface area contributed by atoms with Crippen molar-refractivity contribution in [1.29, 1.82) is 0 Å². The number of carbonyl (C=O) groups is 1. The maximum Gasteiger partial charge on any atom is 0.435 e. The molecule has 1 aromatic carbocycles. The molecule has 0 aliphatic heterocycles. The van der Waals surface area contributed by atoms with Crippen LogP contribution in [0.2, 0.25) is 0 Å². The number of aromatic nitrogens is 2. The van der Waals surface area contributed by atoms with Gasteiger partial charge in [-0.05, 0) is 49.3 Å². The lowest BCUT2D eigenvalue weighted by molar-refractivity contribution is -0.141. The van der Waals surface area contributed by atoms with Crippen molar-refractivity contribution in [3.05, 3.63) is 52.8 Å². The van der Waals surface area contributed by atoms with E-state index in [1.165, 1.54) is 10.2 Å². The first-order valence-electron chi connectivity index (χ1n) is 8.94. The number of hydrogen-bond donors (Lipinski definition) is 1. The first-order valence-corrected chi connectivity index (χ1v) is 8.94. The second-order valence-corrected chi connectivity index (χ2v) is 7.10. The fourth-order valence-corrected chi connectivity index (χ4v) is 3.68. The Morgan fingerprint density at radius 2 is 2.00 bits per heavy atom. The zero-order valence-corrected chi connectivity index (χ0v) is 14.2. The van der Waals surface area contributed by atoms with Gasteiger partial charge in [0.05, 0.1) is 6.04 Å². The lowest BCUT2D eigenvalue weighted by atomic mass is 9.88. The highest BCUT2D eigenvalue weighted by atomic mass is 19.4. The van der Waals surface area contributed by atoms with Crippen LogP contribution in [0.25, 0.3) is 0 Å². The van der Waals surface area contributed by atoms with Gasteiger partial charge in [0, 0.05) is 11.6 Å². The molecule has 1 fully saturated rings. The minimum absolute atomic E-state index is 0.0850. The summed E-state index contributed by atoms with van der Waals surface area (Å²) < 4.78 is 40.1. The molecule has 138 valence electrons. The number of hydrogen-bond acceptors (Lipinski definition) is 2. The van der Waals surface area contributed by atoms with Crippen LogP contribution >= 0.6 is 0 Å². The largest absolute Gasteiger partial charge is 0.435 e. The van der Waals surface area contributed by atoms with E-state index in [9.17, 15) is 18.0 Å². The third-order valence-corrected chi connectivity index (χ3v) is 5.10. The summed E-state index contributed by atoms with van der Waals surface area (Å²) in [6, 6.07) is 8.98. The SMILES string of the molecule is O=C(Cn1nc(C(F)(F)F)cc1C1CC1)N[C@@H]1CCCc2ccccc21. The monoisotopic (exact) mass is 363 g/mol. The average Bonchev–Trinajstić information content (AvgIpc) is 3.35. The summed E-state index contributed by atoms with van der Waals surface area (Å²) in [7, 11) is 0. The zero-order valence-electron chi connectivity index (χ0n) is 14.2. The maximum atomic E-state index is 13.0. The number of nitrogens with zero attached hydrogens (tertiary/aromatic N) is 2. The Morgan fingerprint density at radius 3 is 2.73 bits per heavy atom. The smallest absolute Gasteiger partial charge is 0.348 e. The summed E-state index contributed by atoms with van der Waals surface area (Å²) >= 11 is 0. The molecule has 4 rings (SSSR count). The third kappa shape index (κ3) is 3.48. The van der Waals surface area contributed by atoms with Crippen molar-refractivity contribution < 1.29 is 18.0 Å².